The Kier molecular flexibility index (Phi) is 5.62. The largest absolute Gasteiger partial charge is 0.341 e. The van der Waals surface area contributed by atoms with E-state index in [1.54, 1.807) is 42.7 Å². The zero-order valence-electron chi connectivity index (χ0n) is 17.6. The van der Waals surface area contributed by atoms with Gasteiger partial charge in [0.1, 0.15) is 11.7 Å². The molecule has 1 atom stereocenters. The summed E-state index contributed by atoms with van der Waals surface area (Å²) in [6, 6.07) is 14.0. The summed E-state index contributed by atoms with van der Waals surface area (Å²) < 4.78 is 7.12. The van der Waals surface area contributed by atoms with Gasteiger partial charge in [-0.3, -0.25) is 9.59 Å². The summed E-state index contributed by atoms with van der Waals surface area (Å²) in [5.41, 5.74) is 3.12. The lowest BCUT2D eigenvalue weighted by Crippen LogP contribution is -2.26. The van der Waals surface area contributed by atoms with Crippen LogP contribution >= 0.6 is 0 Å². The zero-order valence-corrected chi connectivity index (χ0v) is 17.6. The minimum atomic E-state index is -0.454. The van der Waals surface area contributed by atoms with E-state index in [0.717, 1.165) is 17.5 Å². The van der Waals surface area contributed by atoms with Crippen LogP contribution in [0.1, 0.15) is 48.3 Å². The quantitative estimate of drug-likeness (QED) is 0.514. The van der Waals surface area contributed by atoms with Crippen molar-refractivity contribution in [1.29, 1.82) is 0 Å². The fraction of sp³-hybridized carbons (Fsp3) is 0.261. The Balaban J connectivity index is 1.60. The summed E-state index contributed by atoms with van der Waals surface area (Å²) in [6.07, 6.45) is 0.848. The molecule has 4 aromatic rings. The van der Waals surface area contributed by atoms with Crippen molar-refractivity contribution in [2.24, 2.45) is 0 Å². The Labute approximate surface area is 178 Å². The summed E-state index contributed by atoms with van der Waals surface area (Å²) in [7, 11) is 0. The Morgan fingerprint density at radius 2 is 1.94 bits per heavy atom. The van der Waals surface area contributed by atoms with Crippen molar-refractivity contribution in [3.8, 4) is 11.4 Å². The lowest BCUT2D eigenvalue weighted by atomic mass is 10.1. The van der Waals surface area contributed by atoms with Gasteiger partial charge >= 0.3 is 0 Å². The molecule has 0 saturated heterocycles. The molecule has 31 heavy (non-hydrogen) atoms. The van der Waals surface area contributed by atoms with Gasteiger partial charge in [0.15, 0.2) is 0 Å². The lowest BCUT2D eigenvalue weighted by molar-refractivity contribution is 0.0932. The van der Waals surface area contributed by atoms with Crippen molar-refractivity contribution in [1.82, 2.24) is 25.0 Å². The number of aromatic nitrogens is 4. The highest BCUT2D eigenvalue weighted by atomic mass is 16.5. The Hall–Kier alpha value is -3.81. The third kappa shape index (κ3) is 4.09. The van der Waals surface area contributed by atoms with Crippen molar-refractivity contribution in [2.75, 3.05) is 0 Å². The third-order valence-corrected chi connectivity index (χ3v) is 5.01. The smallest absolute Gasteiger partial charge is 0.272 e. The number of hydrogen-bond donors (Lipinski definition) is 1. The second-order valence-electron chi connectivity index (χ2n) is 7.37. The fourth-order valence-electron chi connectivity index (χ4n) is 3.42. The summed E-state index contributed by atoms with van der Waals surface area (Å²) >= 11 is 0. The van der Waals surface area contributed by atoms with Crippen LogP contribution in [0.25, 0.3) is 22.4 Å². The van der Waals surface area contributed by atoms with Gasteiger partial charge in [-0.15, -0.1) is 0 Å². The maximum atomic E-state index is 12.4. The van der Waals surface area contributed by atoms with Gasteiger partial charge in [-0.25, -0.2) is 4.98 Å². The van der Waals surface area contributed by atoms with Crippen LogP contribution in [-0.2, 0) is 6.54 Å². The maximum Gasteiger partial charge on any atom is 0.272 e. The zero-order chi connectivity index (χ0) is 22.0. The summed E-state index contributed by atoms with van der Waals surface area (Å²) in [5.74, 6) is 0.483. The van der Waals surface area contributed by atoms with Crippen molar-refractivity contribution in [3.05, 3.63) is 76.0 Å². The number of aryl methyl sites for hydroxylation is 2. The topological polar surface area (TPSA) is 103 Å². The Bertz CT molecular complexity index is 1290. The molecule has 8 heteroatoms. The molecule has 2 heterocycles. The van der Waals surface area contributed by atoms with Gasteiger partial charge in [-0.1, -0.05) is 30.3 Å². The molecule has 0 fully saturated rings. The van der Waals surface area contributed by atoms with Gasteiger partial charge in [0, 0.05) is 17.7 Å². The molecule has 2 aromatic carbocycles. The molecule has 158 valence electrons. The van der Waals surface area contributed by atoms with Crippen molar-refractivity contribution in [2.45, 2.75) is 39.8 Å². The maximum absolute atomic E-state index is 12.4. The molecule has 2 aromatic heterocycles. The second-order valence-corrected chi connectivity index (χ2v) is 7.37. The molecule has 0 saturated carbocycles. The monoisotopic (exact) mass is 417 g/mol. The first-order chi connectivity index (χ1) is 15.0. The average molecular weight is 417 g/mol. The van der Waals surface area contributed by atoms with Crippen LogP contribution in [0.4, 0.5) is 0 Å². The predicted molar refractivity (Wildman–Crippen MR) is 117 cm³/mol. The van der Waals surface area contributed by atoms with E-state index in [2.05, 4.69) is 20.4 Å². The summed E-state index contributed by atoms with van der Waals surface area (Å²) in [6.45, 7) is 6.15. The normalized spacial score (nSPS) is 12.1. The first-order valence-corrected chi connectivity index (χ1v) is 10.2. The molecule has 0 aliphatic carbocycles. The highest BCUT2D eigenvalue weighted by Gasteiger charge is 2.19. The van der Waals surface area contributed by atoms with E-state index in [0.29, 0.717) is 35.0 Å². The third-order valence-electron chi connectivity index (χ3n) is 5.01. The minimum Gasteiger partial charge on any atom is -0.341 e. The molecule has 1 amide bonds. The van der Waals surface area contributed by atoms with E-state index >= 15 is 0 Å². The van der Waals surface area contributed by atoms with Gasteiger partial charge in [0.25, 0.3) is 11.5 Å². The number of carbonyl (C=O) groups is 1. The first-order valence-electron chi connectivity index (χ1n) is 10.2. The first kappa shape index (κ1) is 20.5. The Morgan fingerprint density at radius 3 is 2.68 bits per heavy atom. The number of carbonyl (C=O) groups excluding carboxylic acids is 1. The van der Waals surface area contributed by atoms with Crippen molar-refractivity contribution >= 4 is 16.9 Å². The van der Waals surface area contributed by atoms with Crippen LogP contribution in [0.2, 0.25) is 0 Å². The van der Waals surface area contributed by atoms with Crippen LogP contribution in [-0.4, -0.2) is 25.6 Å². The van der Waals surface area contributed by atoms with Crippen LogP contribution in [0.15, 0.2) is 57.8 Å². The number of rotatable bonds is 6. The fourth-order valence-corrected chi connectivity index (χ4v) is 3.42. The average Bonchev–Trinajstić information content (AvgIpc) is 3.27. The molecule has 0 bridgehead atoms. The van der Waals surface area contributed by atoms with E-state index in [1.165, 1.54) is 0 Å². The Morgan fingerprint density at radius 1 is 1.16 bits per heavy atom. The van der Waals surface area contributed by atoms with Gasteiger partial charge in [-0.2, -0.15) is 4.98 Å². The summed E-state index contributed by atoms with van der Waals surface area (Å²) in [4.78, 5) is 33.7. The molecule has 0 unspecified atom stereocenters. The minimum absolute atomic E-state index is 0.0769. The van der Waals surface area contributed by atoms with Gasteiger partial charge in [-0.05, 0) is 50.6 Å². The number of benzene rings is 2. The lowest BCUT2D eigenvalue weighted by Gasteiger charge is -2.10. The molecule has 1 N–H and O–H groups in total. The van der Waals surface area contributed by atoms with Crippen molar-refractivity contribution < 1.29 is 9.32 Å². The van der Waals surface area contributed by atoms with Gasteiger partial charge < -0.3 is 14.4 Å². The van der Waals surface area contributed by atoms with E-state index in [-0.39, 0.29) is 11.5 Å². The number of hydrogen-bond acceptors (Lipinski definition) is 6. The number of nitrogens with zero attached hydrogens (tertiary/aromatic N) is 4. The molecule has 0 aliphatic heterocycles. The predicted octanol–water partition coefficient (Wildman–Crippen LogP) is 3.66. The highest BCUT2D eigenvalue weighted by molar-refractivity contribution is 5.94. The molecular formula is C23H23N5O3. The van der Waals surface area contributed by atoms with E-state index in [4.69, 9.17) is 4.52 Å². The van der Waals surface area contributed by atoms with E-state index in [9.17, 15) is 9.59 Å². The molecule has 0 spiro atoms. The van der Waals surface area contributed by atoms with E-state index in [1.807, 2.05) is 31.2 Å². The van der Waals surface area contributed by atoms with Crippen LogP contribution in [0.3, 0.4) is 0 Å². The van der Waals surface area contributed by atoms with Crippen molar-refractivity contribution in [3.63, 3.8) is 0 Å². The number of fused-ring (bicyclic) bond motifs is 1. The van der Waals surface area contributed by atoms with Crippen LogP contribution in [0, 0.1) is 6.92 Å². The number of nitrogens with one attached hydrogen (secondary N) is 1. The molecule has 0 radical (unpaired) electrons. The van der Waals surface area contributed by atoms with Crippen LogP contribution < -0.4 is 10.9 Å². The SMILES string of the molecule is CCCn1c(=O)c(C)nc2cc(-c3noc([C@@H](C)NC(=O)c4ccccc4)n3)ccc21. The van der Waals surface area contributed by atoms with Gasteiger partial charge in [0.05, 0.1) is 11.0 Å². The van der Waals surface area contributed by atoms with Gasteiger partial charge in [0.2, 0.25) is 11.7 Å². The van der Waals surface area contributed by atoms with Crippen LogP contribution in [0.5, 0.6) is 0 Å². The number of amides is 1. The standard InChI is InChI=1S/C23H23N5O3/c1-4-12-28-19-11-10-17(13-18(19)24-15(3)23(28)30)20-26-22(31-27-20)14(2)25-21(29)16-8-6-5-7-9-16/h5-11,13-14H,4,12H2,1-3H3,(H,25,29)/t14-/m1/s1. The molecule has 0 aliphatic rings. The molecule has 4 rings (SSSR count). The second kappa shape index (κ2) is 8.51. The molecular weight excluding hydrogens is 394 g/mol. The highest BCUT2D eigenvalue weighted by Crippen LogP contribution is 2.23. The molecule has 8 nitrogen and oxygen atoms in total. The summed E-state index contributed by atoms with van der Waals surface area (Å²) in [5, 5.41) is 6.92. The van der Waals surface area contributed by atoms with E-state index < -0.39 is 6.04 Å².